The van der Waals surface area contributed by atoms with Gasteiger partial charge in [0.25, 0.3) is 0 Å². The molecule has 0 saturated carbocycles. The van der Waals surface area contributed by atoms with Gasteiger partial charge in [-0.05, 0) is 126 Å². The molecule has 13 aromatic carbocycles. The van der Waals surface area contributed by atoms with Crippen molar-refractivity contribution >= 4 is 101 Å². The average Bonchev–Trinajstić information content (AvgIpc) is 3.46. The van der Waals surface area contributed by atoms with E-state index < -0.39 is 16.1 Å². The molecule has 0 aliphatic rings. The first-order chi connectivity index (χ1) is 36.1. The number of aryl methyl sites for hydroxylation is 1. The van der Waals surface area contributed by atoms with Gasteiger partial charge >= 0.3 is 0 Å². The smallest absolute Gasteiger partial charge is 0.0623 e. The third kappa shape index (κ3) is 7.41. The third-order valence-corrected chi connectivity index (χ3v) is 25.1. The summed E-state index contributed by atoms with van der Waals surface area (Å²) < 4.78 is 0. The van der Waals surface area contributed by atoms with Crippen molar-refractivity contribution in [3.8, 4) is 22.3 Å². The molecule has 13 rings (SSSR count). The van der Waals surface area contributed by atoms with Gasteiger partial charge in [0.2, 0.25) is 0 Å². The minimum Gasteiger partial charge on any atom is -0.0623 e. The lowest BCUT2D eigenvalue weighted by Gasteiger charge is -2.34. The summed E-state index contributed by atoms with van der Waals surface area (Å²) in [7, 11) is -5.36. The van der Waals surface area contributed by atoms with E-state index in [9.17, 15) is 0 Å². The SMILES string of the molecule is Cc1ccc2c(-c3ccc4cc([Si](c5ccccc5)(c5ccccc5)c5ccccc5)ccc4c3)c3ccccc3c(-c3ccc4cc([Si](c5ccccc5)(c5ccccc5)c5ccccc5)ccc4c3)c2c1. The maximum absolute atomic E-state index is 2.68. The van der Waals surface area contributed by atoms with Crippen LogP contribution < -0.4 is 41.5 Å². The highest BCUT2D eigenvalue weighted by Gasteiger charge is 2.42. The Morgan fingerprint density at radius 2 is 0.493 bits per heavy atom. The summed E-state index contributed by atoms with van der Waals surface area (Å²) in [6.07, 6.45) is 0. The van der Waals surface area contributed by atoms with Crippen LogP contribution >= 0.6 is 0 Å². The zero-order valence-electron chi connectivity index (χ0n) is 40.8. The molecule has 0 nitrogen and oxygen atoms in total. The van der Waals surface area contributed by atoms with Gasteiger partial charge in [-0.15, -0.1) is 0 Å². The van der Waals surface area contributed by atoms with E-state index in [1.807, 2.05) is 0 Å². The van der Waals surface area contributed by atoms with E-state index in [0.717, 1.165) is 0 Å². The Morgan fingerprint density at radius 3 is 0.849 bits per heavy atom. The first kappa shape index (κ1) is 44.3. The maximum Gasteiger partial charge on any atom is 0.179 e. The van der Waals surface area contributed by atoms with E-state index in [0.29, 0.717) is 0 Å². The molecular formula is C71H52Si2. The van der Waals surface area contributed by atoms with Crippen LogP contribution in [-0.4, -0.2) is 16.1 Å². The van der Waals surface area contributed by atoms with Gasteiger partial charge in [0.05, 0.1) is 0 Å². The number of fused-ring (bicyclic) bond motifs is 4. The van der Waals surface area contributed by atoms with E-state index in [2.05, 4.69) is 304 Å². The van der Waals surface area contributed by atoms with E-state index >= 15 is 0 Å². The van der Waals surface area contributed by atoms with Gasteiger partial charge in [0, 0.05) is 0 Å². The van der Waals surface area contributed by atoms with Crippen molar-refractivity contribution < 1.29 is 0 Å². The van der Waals surface area contributed by atoms with Crippen molar-refractivity contribution in [2.45, 2.75) is 6.92 Å². The monoisotopic (exact) mass is 960 g/mol. The number of rotatable bonds is 10. The summed E-state index contributed by atoms with van der Waals surface area (Å²) in [5, 5.41) is 21.1. The lowest BCUT2D eigenvalue weighted by atomic mass is 9.84. The Morgan fingerprint density at radius 1 is 0.205 bits per heavy atom. The molecule has 0 radical (unpaired) electrons. The second-order valence-corrected chi connectivity index (χ2v) is 27.2. The molecule has 0 aliphatic heterocycles. The number of hydrogen-bond donors (Lipinski definition) is 0. The highest BCUT2D eigenvalue weighted by molar-refractivity contribution is 7.20. The Bertz CT molecular complexity index is 3920. The van der Waals surface area contributed by atoms with Crippen molar-refractivity contribution in [3.63, 3.8) is 0 Å². The van der Waals surface area contributed by atoms with E-state index in [1.165, 1.54) is 112 Å². The minimum absolute atomic E-state index is 1.23. The molecule has 0 aliphatic carbocycles. The molecule has 0 saturated heterocycles. The van der Waals surface area contributed by atoms with E-state index in [4.69, 9.17) is 0 Å². The fourth-order valence-electron chi connectivity index (χ4n) is 12.3. The largest absolute Gasteiger partial charge is 0.179 e. The second-order valence-electron chi connectivity index (χ2n) is 19.6. The van der Waals surface area contributed by atoms with Crippen LogP contribution in [0.3, 0.4) is 0 Å². The molecule has 0 fully saturated rings. The predicted octanol–water partition coefficient (Wildman–Crippen LogP) is 12.7. The molecule has 344 valence electrons. The van der Waals surface area contributed by atoms with Gasteiger partial charge in [-0.3, -0.25) is 0 Å². The molecule has 0 spiro atoms. The Labute approximate surface area is 430 Å². The predicted molar refractivity (Wildman–Crippen MR) is 319 cm³/mol. The molecule has 73 heavy (non-hydrogen) atoms. The van der Waals surface area contributed by atoms with Crippen LogP contribution in [0.2, 0.25) is 0 Å². The van der Waals surface area contributed by atoms with Gasteiger partial charge in [-0.25, -0.2) is 0 Å². The number of hydrogen-bond acceptors (Lipinski definition) is 0. The molecule has 2 heteroatoms. The summed E-state index contributed by atoms with van der Waals surface area (Å²) in [5.41, 5.74) is 6.25. The van der Waals surface area contributed by atoms with E-state index in [-0.39, 0.29) is 0 Å². The van der Waals surface area contributed by atoms with Gasteiger partial charge in [-0.2, -0.15) is 0 Å². The van der Waals surface area contributed by atoms with Crippen molar-refractivity contribution in [3.05, 3.63) is 303 Å². The van der Waals surface area contributed by atoms with Gasteiger partial charge in [0.1, 0.15) is 0 Å². The van der Waals surface area contributed by atoms with E-state index in [1.54, 1.807) is 0 Å². The van der Waals surface area contributed by atoms with Crippen LogP contribution in [0.1, 0.15) is 5.56 Å². The summed E-state index contributed by atoms with van der Waals surface area (Å²) >= 11 is 0. The second kappa shape index (κ2) is 18.5. The van der Waals surface area contributed by atoms with Crippen molar-refractivity contribution in [1.82, 2.24) is 0 Å². The molecule has 0 amide bonds. The molecule has 0 atom stereocenters. The summed E-state index contributed by atoms with van der Waals surface area (Å²) in [6.45, 7) is 2.22. The number of benzene rings is 13. The van der Waals surface area contributed by atoms with Crippen LogP contribution in [0.4, 0.5) is 0 Å². The highest BCUT2D eigenvalue weighted by atomic mass is 28.3. The third-order valence-electron chi connectivity index (χ3n) is 15.5. The summed E-state index contributed by atoms with van der Waals surface area (Å²) in [4.78, 5) is 0. The molecule has 0 unspecified atom stereocenters. The van der Waals surface area contributed by atoms with Crippen molar-refractivity contribution in [2.24, 2.45) is 0 Å². The van der Waals surface area contributed by atoms with Crippen LogP contribution in [0.15, 0.2) is 297 Å². The Kier molecular flexibility index (Phi) is 11.2. The standard InChI is InChI=1S/C71H52Si2/c1-51-36-45-68-69(46-51)71(57-40-38-55-50-65(44-42-53(55)48-57)73(61-28-14-5-15-29-61,62-30-16-6-17-31-62)63-32-18-7-19-33-63)67-35-21-20-34-66(67)70(68)56-39-37-54-49-64(43-41-52(54)47-56)72(58-22-8-2-9-23-58,59-24-10-3-11-25-59)60-26-12-4-13-27-60/h2-50H,1H3. The fourth-order valence-corrected chi connectivity index (χ4v) is 21.9. The molecule has 0 N–H and O–H groups in total. The zero-order chi connectivity index (χ0) is 48.8. The molecular weight excluding hydrogens is 909 g/mol. The first-order valence-corrected chi connectivity index (χ1v) is 29.5. The van der Waals surface area contributed by atoms with Crippen LogP contribution in [-0.2, 0) is 0 Å². The fraction of sp³-hybridized carbons (Fsp3) is 0.0141. The molecule has 0 heterocycles. The molecule has 13 aromatic rings. The van der Waals surface area contributed by atoms with Gasteiger partial charge in [0.15, 0.2) is 16.1 Å². The van der Waals surface area contributed by atoms with Gasteiger partial charge in [-0.1, -0.05) is 291 Å². The highest BCUT2D eigenvalue weighted by Crippen LogP contribution is 2.45. The normalized spacial score (nSPS) is 11.9. The van der Waals surface area contributed by atoms with Crippen molar-refractivity contribution in [1.29, 1.82) is 0 Å². The summed E-state index contributed by atoms with van der Waals surface area (Å²) in [5.74, 6) is 0. The maximum atomic E-state index is 2.48. The quantitative estimate of drug-likeness (QED) is 0.0728. The van der Waals surface area contributed by atoms with Crippen molar-refractivity contribution in [2.75, 3.05) is 0 Å². The minimum atomic E-state index is -2.68. The average molecular weight is 961 g/mol. The van der Waals surface area contributed by atoms with Crippen LogP contribution in [0.25, 0.3) is 65.3 Å². The van der Waals surface area contributed by atoms with Crippen LogP contribution in [0.5, 0.6) is 0 Å². The Hall–Kier alpha value is -8.67. The molecule has 0 aromatic heterocycles. The lowest BCUT2D eigenvalue weighted by Crippen LogP contribution is -2.74. The Balaban J connectivity index is 0.961. The van der Waals surface area contributed by atoms with Gasteiger partial charge < -0.3 is 0 Å². The topological polar surface area (TPSA) is 0 Å². The first-order valence-electron chi connectivity index (χ1n) is 25.5. The van der Waals surface area contributed by atoms with Crippen LogP contribution in [0, 0.1) is 6.92 Å². The molecule has 0 bridgehead atoms. The summed E-state index contributed by atoms with van der Waals surface area (Å²) in [6, 6.07) is 112. The lowest BCUT2D eigenvalue weighted by molar-refractivity contribution is 1.51. The zero-order valence-corrected chi connectivity index (χ0v) is 42.8.